The van der Waals surface area contributed by atoms with Crippen LogP contribution in [0.15, 0.2) is 24.8 Å². The molecule has 1 N–H and O–H groups in total. The van der Waals surface area contributed by atoms with Crippen molar-refractivity contribution in [3.8, 4) is 0 Å². The summed E-state index contributed by atoms with van der Waals surface area (Å²) in [4.78, 5) is 4.29. The van der Waals surface area contributed by atoms with Gasteiger partial charge in [0.25, 0.3) is 0 Å². The van der Waals surface area contributed by atoms with Crippen molar-refractivity contribution in [2.24, 2.45) is 34.5 Å². The Bertz CT molecular complexity index is 718. The molecule has 0 spiro atoms. The molecule has 134 valence electrons. The van der Waals surface area contributed by atoms with Crippen molar-refractivity contribution in [1.82, 2.24) is 9.55 Å². The Hall–Kier alpha value is -1.38. The zero-order valence-electron chi connectivity index (χ0n) is 15.7. The Labute approximate surface area is 151 Å². The summed E-state index contributed by atoms with van der Waals surface area (Å²) in [5.41, 5.74) is 3.34. The number of rotatable bonds is 1. The Balaban J connectivity index is 1.45. The summed E-state index contributed by atoms with van der Waals surface area (Å²) < 4.78 is 2.27. The zero-order valence-corrected chi connectivity index (χ0v) is 15.7. The van der Waals surface area contributed by atoms with Crippen LogP contribution in [0.3, 0.4) is 0 Å². The minimum Gasteiger partial charge on any atom is -0.310 e. The van der Waals surface area contributed by atoms with Crippen LogP contribution in [-0.4, -0.2) is 15.3 Å². The van der Waals surface area contributed by atoms with E-state index in [1.807, 2.05) is 12.5 Å². The number of nitrogens with one attached hydrogen (secondary N) is 1. The van der Waals surface area contributed by atoms with Crippen LogP contribution in [0.1, 0.15) is 65.2 Å². The summed E-state index contributed by atoms with van der Waals surface area (Å²) >= 11 is 0. The van der Waals surface area contributed by atoms with Gasteiger partial charge in [-0.15, -0.1) is 0 Å². The first-order chi connectivity index (χ1) is 12.0. The smallest absolute Gasteiger partial charge is 0.0989 e. The first-order valence-corrected chi connectivity index (χ1v) is 10.3. The third kappa shape index (κ3) is 2.10. The zero-order chi connectivity index (χ0) is 17.2. The molecule has 0 amide bonds. The monoisotopic (exact) mass is 337 g/mol. The van der Waals surface area contributed by atoms with Gasteiger partial charge in [-0.3, -0.25) is 0 Å². The van der Waals surface area contributed by atoms with Crippen molar-refractivity contribution >= 4 is 11.4 Å². The van der Waals surface area contributed by atoms with Crippen molar-refractivity contribution in [2.45, 2.75) is 65.2 Å². The molecule has 4 aliphatic rings. The van der Waals surface area contributed by atoms with Crippen LogP contribution in [0.4, 0.5) is 0 Å². The third-order valence-corrected chi connectivity index (χ3v) is 8.85. The summed E-state index contributed by atoms with van der Waals surface area (Å²) in [5, 5.41) is 8.17. The molecule has 25 heavy (non-hydrogen) atoms. The highest BCUT2D eigenvalue weighted by Crippen LogP contribution is 2.66. The molecule has 1 aromatic heterocycles. The number of hydrogen-bond donors (Lipinski definition) is 1. The van der Waals surface area contributed by atoms with Gasteiger partial charge in [-0.1, -0.05) is 19.9 Å². The molecule has 1 aromatic rings. The number of fused-ring (bicyclic) bond motifs is 5. The van der Waals surface area contributed by atoms with E-state index in [4.69, 9.17) is 5.41 Å². The van der Waals surface area contributed by atoms with Gasteiger partial charge < -0.3 is 9.98 Å². The normalized spacial score (nSPS) is 46.2. The van der Waals surface area contributed by atoms with Gasteiger partial charge in [0.05, 0.1) is 6.33 Å². The maximum Gasteiger partial charge on any atom is 0.0989 e. The van der Waals surface area contributed by atoms with Gasteiger partial charge >= 0.3 is 0 Å². The van der Waals surface area contributed by atoms with Crippen LogP contribution in [-0.2, 0) is 0 Å². The molecular weight excluding hydrogens is 306 g/mol. The van der Waals surface area contributed by atoms with E-state index >= 15 is 0 Å². The topological polar surface area (TPSA) is 41.7 Å². The van der Waals surface area contributed by atoms with Crippen molar-refractivity contribution in [2.75, 3.05) is 0 Å². The Kier molecular flexibility index (Phi) is 3.37. The van der Waals surface area contributed by atoms with Gasteiger partial charge in [0.2, 0.25) is 0 Å². The summed E-state index contributed by atoms with van der Waals surface area (Å²) in [6.07, 6.45) is 18.6. The highest BCUT2D eigenvalue weighted by Gasteiger charge is 2.58. The third-order valence-electron chi connectivity index (χ3n) is 8.85. The number of nitrogens with zero attached hydrogens (tertiary/aromatic N) is 2. The first kappa shape index (κ1) is 15.8. The van der Waals surface area contributed by atoms with E-state index in [9.17, 15) is 0 Å². The average Bonchev–Trinajstić information content (AvgIpc) is 3.22. The molecule has 5 rings (SSSR count). The maximum absolute atomic E-state index is 8.17. The van der Waals surface area contributed by atoms with Crippen LogP contribution >= 0.6 is 0 Å². The lowest BCUT2D eigenvalue weighted by Gasteiger charge is -2.60. The largest absolute Gasteiger partial charge is 0.310 e. The van der Waals surface area contributed by atoms with Gasteiger partial charge in [-0.05, 0) is 80.5 Å². The van der Waals surface area contributed by atoms with Gasteiger partial charge in [0.15, 0.2) is 0 Å². The van der Waals surface area contributed by atoms with Crippen LogP contribution in [0.2, 0.25) is 0 Å². The van der Waals surface area contributed by atoms with Gasteiger partial charge in [-0.2, -0.15) is 0 Å². The fourth-order valence-corrected chi connectivity index (χ4v) is 7.43. The lowest BCUT2D eigenvalue weighted by molar-refractivity contribution is -0.0843. The molecule has 3 fully saturated rings. The van der Waals surface area contributed by atoms with Crippen LogP contribution < -0.4 is 0 Å². The second-order valence-corrected chi connectivity index (χ2v) is 9.72. The molecule has 0 saturated heterocycles. The molecule has 3 saturated carbocycles. The van der Waals surface area contributed by atoms with Crippen molar-refractivity contribution < 1.29 is 0 Å². The van der Waals surface area contributed by atoms with Gasteiger partial charge in [0.1, 0.15) is 0 Å². The number of hydrogen-bond acceptors (Lipinski definition) is 2. The number of imidazole rings is 1. The van der Waals surface area contributed by atoms with E-state index in [-0.39, 0.29) is 0 Å². The van der Waals surface area contributed by atoms with E-state index in [1.165, 1.54) is 44.2 Å². The molecule has 0 aliphatic heterocycles. The second kappa shape index (κ2) is 5.31. The maximum atomic E-state index is 8.17. The minimum absolute atomic E-state index is 0.326. The quantitative estimate of drug-likeness (QED) is 0.733. The van der Waals surface area contributed by atoms with E-state index in [2.05, 4.69) is 35.7 Å². The molecule has 0 radical (unpaired) electrons. The number of allylic oxidation sites excluding steroid dienone is 2. The average molecular weight is 338 g/mol. The molecule has 0 aromatic carbocycles. The summed E-state index contributed by atoms with van der Waals surface area (Å²) in [7, 11) is 0. The molecule has 3 heteroatoms. The molecule has 4 aliphatic carbocycles. The SMILES string of the molecule is CC12CCC3C(CCC4CC(=N)CCC43C)C1CC=C2n1ccnc1. The van der Waals surface area contributed by atoms with Crippen molar-refractivity contribution in [3.05, 3.63) is 24.8 Å². The van der Waals surface area contributed by atoms with Crippen LogP contribution in [0, 0.1) is 39.9 Å². The predicted octanol–water partition coefficient (Wildman–Crippen LogP) is 5.40. The predicted molar refractivity (Wildman–Crippen MR) is 101 cm³/mol. The Morgan fingerprint density at radius 2 is 2.04 bits per heavy atom. The molecular formula is C22H31N3. The van der Waals surface area contributed by atoms with Gasteiger partial charge in [0, 0.05) is 29.2 Å². The Morgan fingerprint density at radius 1 is 1.16 bits per heavy atom. The van der Waals surface area contributed by atoms with Crippen molar-refractivity contribution in [1.29, 1.82) is 5.41 Å². The lowest BCUT2D eigenvalue weighted by atomic mass is 9.45. The number of aromatic nitrogens is 2. The standard InChI is InChI=1S/C22H31N3/c1-21-9-7-16(23)13-15(21)3-4-17-18-5-6-20(25-12-11-24-14-25)22(18,2)10-8-19(17)21/h6,11-12,14-15,17-19,23H,3-5,7-10,13H2,1-2H3. The Morgan fingerprint density at radius 3 is 2.84 bits per heavy atom. The van der Waals surface area contributed by atoms with Gasteiger partial charge in [-0.25, -0.2) is 4.98 Å². The molecule has 0 bridgehead atoms. The second-order valence-electron chi connectivity index (χ2n) is 9.72. The molecule has 6 atom stereocenters. The first-order valence-electron chi connectivity index (χ1n) is 10.3. The van der Waals surface area contributed by atoms with E-state index in [0.29, 0.717) is 10.8 Å². The highest BCUT2D eigenvalue weighted by molar-refractivity contribution is 5.82. The summed E-state index contributed by atoms with van der Waals surface area (Å²) in [6, 6.07) is 0. The van der Waals surface area contributed by atoms with E-state index in [1.54, 1.807) is 0 Å². The molecule has 3 nitrogen and oxygen atoms in total. The lowest BCUT2D eigenvalue weighted by Crippen LogP contribution is -2.53. The minimum atomic E-state index is 0.326. The van der Waals surface area contributed by atoms with E-state index < -0.39 is 0 Å². The van der Waals surface area contributed by atoms with Crippen molar-refractivity contribution in [3.63, 3.8) is 0 Å². The fraction of sp³-hybridized carbons (Fsp3) is 0.727. The fourth-order valence-electron chi connectivity index (χ4n) is 7.43. The molecule has 1 heterocycles. The highest BCUT2D eigenvalue weighted by atomic mass is 15.1. The van der Waals surface area contributed by atoms with E-state index in [0.717, 1.165) is 42.2 Å². The van der Waals surface area contributed by atoms with Crippen LogP contribution in [0.25, 0.3) is 5.70 Å². The summed E-state index contributed by atoms with van der Waals surface area (Å²) in [6.45, 7) is 5.11. The van der Waals surface area contributed by atoms with Crippen LogP contribution in [0.5, 0.6) is 0 Å². The molecule has 6 unspecified atom stereocenters. The summed E-state index contributed by atoms with van der Waals surface area (Å²) in [5.74, 6) is 3.35.